The molecule has 6 heteroatoms. The highest BCUT2D eigenvalue weighted by Gasteiger charge is 2.12. The highest BCUT2D eigenvalue weighted by molar-refractivity contribution is 5.69. The van der Waals surface area contributed by atoms with Gasteiger partial charge in [-0.15, -0.1) is 0 Å². The van der Waals surface area contributed by atoms with Gasteiger partial charge in [0, 0.05) is 12.8 Å². The molecule has 2 N–H and O–H groups in total. The third-order valence-corrected chi connectivity index (χ3v) is 7.69. The molecule has 44 heavy (non-hydrogen) atoms. The molecule has 0 aromatic heterocycles. The van der Waals surface area contributed by atoms with Crippen LogP contribution >= 0.6 is 0 Å². The van der Waals surface area contributed by atoms with E-state index in [1.165, 1.54) is 64.2 Å². The van der Waals surface area contributed by atoms with Crippen LogP contribution < -0.4 is 0 Å². The van der Waals surface area contributed by atoms with Gasteiger partial charge in [-0.2, -0.15) is 0 Å². The number of unbranched alkanes of at least 4 members (excludes halogenated alkanes) is 11. The summed E-state index contributed by atoms with van der Waals surface area (Å²) in [7, 11) is 0. The summed E-state index contributed by atoms with van der Waals surface area (Å²) in [6.07, 6.45) is 34.7. The number of esters is 2. The standard InChI is InChI=1S/C38H66O6/c1-4-6-7-8-18-23-28-35(39)29-24-19-14-10-12-16-21-26-31-38(42)44-33-36(40)32-43-37(41)30-25-20-15-11-9-13-17-22-27-34(3)5-2/h12,14,16,18-19,23-24,29,34-36,39-40H,4-11,13,15,17,20-22,25-28,30-33H2,1-3H3/b16-12-,19-14-,23-18-,29-24+/t34?,35-,36+/m1/s1. The number of aliphatic hydroxyl groups is 2. The van der Waals surface area contributed by atoms with E-state index < -0.39 is 12.2 Å². The van der Waals surface area contributed by atoms with Gasteiger partial charge in [0.2, 0.25) is 0 Å². The van der Waals surface area contributed by atoms with Crippen LogP contribution in [0.1, 0.15) is 149 Å². The van der Waals surface area contributed by atoms with Gasteiger partial charge in [-0.3, -0.25) is 9.59 Å². The molecule has 0 heterocycles. The van der Waals surface area contributed by atoms with Crippen LogP contribution in [0.15, 0.2) is 48.6 Å². The van der Waals surface area contributed by atoms with E-state index in [0.29, 0.717) is 19.3 Å². The third-order valence-electron chi connectivity index (χ3n) is 7.69. The molecule has 6 nitrogen and oxygen atoms in total. The molecule has 0 aliphatic rings. The van der Waals surface area contributed by atoms with Crippen molar-refractivity contribution in [3.8, 4) is 0 Å². The van der Waals surface area contributed by atoms with Crippen LogP contribution in [0.3, 0.4) is 0 Å². The Kier molecular flexibility index (Phi) is 30.6. The van der Waals surface area contributed by atoms with E-state index in [9.17, 15) is 19.8 Å². The Balaban J connectivity index is 3.66. The normalized spacial score (nSPS) is 14.2. The van der Waals surface area contributed by atoms with Gasteiger partial charge in [-0.1, -0.05) is 140 Å². The largest absolute Gasteiger partial charge is 0.463 e. The summed E-state index contributed by atoms with van der Waals surface area (Å²) in [5, 5.41) is 19.9. The highest BCUT2D eigenvalue weighted by atomic mass is 16.6. The summed E-state index contributed by atoms with van der Waals surface area (Å²) >= 11 is 0. The van der Waals surface area contributed by atoms with Crippen molar-refractivity contribution in [2.45, 2.75) is 161 Å². The van der Waals surface area contributed by atoms with Crippen LogP contribution in [0.25, 0.3) is 0 Å². The molecule has 0 aromatic carbocycles. The molecule has 0 radical (unpaired) electrons. The quantitative estimate of drug-likeness (QED) is 0.0360. The maximum Gasteiger partial charge on any atom is 0.305 e. The molecule has 0 aliphatic carbocycles. The fraction of sp³-hybridized carbons (Fsp3) is 0.737. The first-order valence-electron chi connectivity index (χ1n) is 17.7. The Hall–Kier alpha value is -2.18. The van der Waals surface area contributed by atoms with Gasteiger partial charge >= 0.3 is 11.9 Å². The van der Waals surface area contributed by atoms with Gasteiger partial charge in [-0.05, 0) is 50.9 Å². The Morgan fingerprint density at radius 3 is 1.91 bits per heavy atom. The van der Waals surface area contributed by atoms with Crippen LogP contribution in [0.2, 0.25) is 0 Å². The fourth-order valence-electron chi connectivity index (χ4n) is 4.55. The zero-order valence-corrected chi connectivity index (χ0v) is 28.4. The second-order valence-corrected chi connectivity index (χ2v) is 12.1. The van der Waals surface area contributed by atoms with E-state index in [4.69, 9.17) is 9.47 Å². The molecule has 0 saturated heterocycles. The molecule has 0 aromatic rings. The molecule has 0 rings (SSSR count). The molecule has 0 amide bonds. The average molecular weight is 619 g/mol. The van der Waals surface area contributed by atoms with Crippen molar-refractivity contribution in [3.05, 3.63) is 48.6 Å². The van der Waals surface area contributed by atoms with Crippen molar-refractivity contribution in [2.75, 3.05) is 13.2 Å². The van der Waals surface area contributed by atoms with E-state index in [-0.39, 0.29) is 31.6 Å². The van der Waals surface area contributed by atoms with Crippen molar-refractivity contribution in [1.82, 2.24) is 0 Å². The van der Waals surface area contributed by atoms with E-state index in [1.54, 1.807) is 6.08 Å². The molecular formula is C38H66O6. The topological polar surface area (TPSA) is 93.1 Å². The highest BCUT2D eigenvalue weighted by Crippen LogP contribution is 2.15. The van der Waals surface area contributed by atoms with Crippen LogP contribution in [0, 0.1) is 5.92 Å². The lowest BCUT2D eigenvalue weighted by molar-refractivity contribution is -0.152. The van der Waals surface area contributed by atoms with E-state index in [0.717, 1.165) is 44.4 Å². The van der Waals surface area contributed by atoms with Crippen molar-refractivity contribution in [2.24, 2.45) is 5.92 Å². The summed E-state index contributed by atoms with van der Waals surface area (Å²) in [5.74, 6) is 0.178. The zero-order chi connectivity index (χ0) is 32.5. The molecule has 1 unspecified atom stereocenters. The smallest absolute Gasteiger partial charge is 0.305 e. The molecule has 0 fully saturated rings. The van der Waals surface area contributed by atoms with E-state index in [2.05, 4.69) is 26.8 Å². The second-order valence-electron chi connectivity index (χ2n) is 12.1. The molecule has 0 saturated carbocycles. The van der Waals surface area contributed by atoms with Crippen molar-refractivity contribution in [1.29, 1.82) is 0 Å². The number of carbonyl (C=O) groups is 2. The number of allylic oxidation sites excluding steroid dienone is 6. The van der Waals surface area contributed by atoms with E-state index >= 15 is 0 Å². The number of ether oxygens (including phenoxy) is 2. The maximum atomic E-state index is 11.9. The summed E-state index contributed by atoms with van der Waals surface area (Å²) in [5.41, 5.74) is 0. The van der Waals surface area contributed by atoms with Crippen LogP contribution in [-0.2, 0) is 19.1 Å². The summed E-state index contributed by atoms with van der Waals surface area (Å²) in [6.45, 7) is 6.47. The first-order valence-corrected chi connectivity index (χ1v) is 17.7. The predicted octanol–water partition coefficient (Wildman–Crippen LogP) is 9.50. The van der Waals surface area contributed by atoms with Crippen LogP contribution in [-0.4, -0.2) is 47.6 Å². The summed E-state index contributed by atoms with van der Waals surface area (Å²) in [4.78, 5) is 23.8. The monoisotopic (exact) mass is 618 g/mol. The molecule has 0 spiro atoms. The first-order chi connectivity index (χ1) is 21.4. The lowest BCUT2D eigenvalue weighted by atomic mass is 9.99. The molecule has 3 atom stereocenters. The Morgan fingerprint density at radius 2 is 1.25 bits per heavy atom. The number of hydrogen-bond acceptors (Lipinski definition) is 6. The minimum Gasteiger partial charge on any atom is -0.463 e. The zero-order valence-electron chi connectivity index (χ0n) is 28.4. The molecular weight excluding hydrogens is 552 g/mol. The maximum absolute atomic E-state index is 11.9. The SMILES string of the molecule is CCCCC/C=C\C[C@@H](O)/C=C/C=C\C/C=C\CCCC(=O)OC[C@@H](O)COC(=O)CCCCCCCCCCC(C)CC. The van der Waals surface area contributed by atoms with Crippen LogP contribution in [0.5, 0.6) is 0 Å². The average Bonchev–Trinajstić information content (AvgIpc) is 3.02. The summed E-state index contributed by atoms with van der Waals surface area (Å²) < 4.78 is 10.2. The van der Waals surface area contributed by atoms with Gasteiger partial charge in [-0.25, -0.2) is 0 Å². The Morgan fingerprint density at radius 1 is 0.659 bits per heavy atom. The van der Waals surface area contributed by atoms with Crippen molar-refractivity contribution in [3.63, 3.8) is 0 Å². The van der Waals surface area contributed by atoms with E-state index in [1.807, 2.05) is 36.5 Å². The van der Waals surface area contributed by atoms with Crippen molar-refractivity contribution >= 4 is 11.9 Å². The second kappa shape index (κ2) is 32.2. The summed E-state index contributed by atoms with van der Waals surface area (Å²) in [6, 6.07) is 0. The lowest BCUT2D eigenvalue weighted by Gasteiger charge is -2.12. The van der Waals surface area contributed by atoms with Gasteiger partial charge in [0.15, 0.2) is 0 Å². The third kappa shape index (κ3) is 31.3. The molecule has 0 aliphatic heterocycles. The van der Waals surface area contributed by atoms with Crippen molar-refractivity contribution < 1.29 is 29.3 Å². The minimum absolute atomic E-state index is 0.149. The Labute approximate surface area is 270 Å². The van der Waals surface area contributed by atoms with Gasteiger partial charge < -0.3 is 19.7 Å². The van der Waals surface area contributed by atoms with Crippen LogP contribution in [0.4, 0.5) is 0 Å². The number of aliphatic hydroxyl groups excluding tert-OH is 2. The van der Waals surface area contributed by atoms with Gasteiger partial charge in [0.25, 0.3) is 0 Å². The molecule has 254 valence electrons. The first kappa shape index (κ1) is 41.8. The van der Waals surface area contributed by atoms with Gasteiger partial charge in [0.05, 0.1) is 6.10 Å². The number of hydrogen-bond donors (Lipinski definition) is 2. The predicted molar refractivity (Wildman–Crippen MR) is 183 cm³/mol. The fourth-order valence-corrected chi connectivity index (χ4v) is 4.55. The molecule has 0 bridgehead atoms. The lowest BCUT2D eigenvalue weighted by Crippen LogP contribution is -2.25. The van der Waals surface area contributed by atoms with Gasteiger partial charge in [0.1, 0.15) is 19.3 Å². The Bertz CT molecular complexity index is 784. The number of carbonyl (C=O) groups excluding carboxylic acids is 2. The number of rotatable bonds is 30. The minimum atomic E-state index is -1.00.